The molecule has 0 spiro atoms. The first kappa shape index (κ1) is 21.8. The van der Waals surface area contributed by atoms with Gasteiger partial charge >= 0.3 is 0 Å². The fourth-order valence-electron chi connectivity index (χ4n) is 3.15. The van der Waals surface area contributed by atoms with Crippen molar-refractivity contribution in [3.8, 4) is 11.1 Å². The molecule has 3 rings (SSSR count). The van der Waals surface area contributed by atoms with Crippen molar-refractivity contribution in [3.63, 3.8) is 0 Å². The number of carbonyl (C=O) groups excluding carboxylic acids is 2. The minimum absolute atomic E-state index is 0.142. The predicted molar refractivity (Wildman–Crippen MR) is 121 cm³/mol. The zero-order chi connectivity index (χ0) is 21.4. The van der Waals surface area contributed by atoms with E-state index in [0.717, 1.165) is 16.7 Å². The summed E-state index contributed by atoms with van der Waals surface area (Å²) in [7, 11) is 0. The van der Waals surface area contributed by atoms with Crippen LogP contribution in [0.3, 0.4) is 0 Å². The Hall–Kier alpha value is -2.93. The summed E-state index contributed by atoms with van der Waals surface area (Å²) in [5, 5.41) is 13.1. The van der Waals surface area contributed by atoms with E-state index in [2.05, 4.69) is 5.32 Å². The molecule has 0 saturated carbocycles. The van der Waals surface area contributed by atoms with Gasteiger partial charge in [0.25, 0.3) is 0 Å². The lowest BCUT2D eigenvalue weighted by Gasteiger charge is -2.32. The fraction of sp³-hybridized carbons (Fsp3) is 0.167. The molecular formula is C24H24N2O3S. The average molecular weight is 421 g/mol. The Morgan fingerprint density at radius 3 is 2.13 bits per heavy atom. The van der Waals surface area contributed by atoms with Gasteiger partial charge in [0.05, 0.1) is 0 Å². The number of amides is 2. The quantitative estimate of drug-likeness (QED) is 0.462. The number of hydrogen-bond acceptors (Lipinski definition) is 5. The van der Waals surface area contributed by atoms with Crippen LogP contribution in [0.2, 0.25) is 0 Å². The zero-order valence-electron chi connectivity index (χ0n) is 16.4. The Balaban J connectivity index is 1.78. The van der Waals surface area contributed by atoms with Crippen molar-refractivity contribution in [1.29, 1.82) is 0 Å². The molecule has 6 heteroatoms. The summed E-state index contributed by atoms with van der Waals surface area (Å²) in [6, 6.07) is 26.9. The van der Waals surface area contributed by atoms with Gasteiger partial charge in [0.2, 0.25) is 12.3 Å². The molecule has 3 aromatic rings. The SMILES string of the molecule is NC(CSCc1ccccc1)(C(=O)NC=O)C(O)c1ccc(-c2ccccc2)cc1. The molecule has 2 atom stereocenters. The third kappa shape index (κ3) is 5.16. The molecule has 5 nitrogen and oxygen atoms in total. The average Bonchev–Trinajstić information content (AvgIpc) is 2.80. The van der Waals surface area contributed by atoms with E-state index in [0.29, 0.717) is 11.3 Å². The second-order valence-corrected chi connectivity index (χ2v) is 7.99. The number of aliphatic hydroxyl groups is 1. The van der Waals surface area contributed by atoms with E-state index in [1.54, 1.807) is 12.1 Å². The maximum absolute atomic E-state index is 12.6. The number of rotatable bonds is 9. The van der Waals surface area contributed by atoms with Crippen LogP contribution in [0.1, 0.15) is 17.2 Å². The molecule has 0 aliphatic rings. The van der Waals surface area contributed by atoms with Crippen molar-refractivity contribution in [3.05, 3.63) is 96.1 Å². The van der Waals surface area contributed by atoms with Crippen molar-refractivity contribution in [1.82, 2.24) is 5.32 Å². The molecule has 0 radical (unpaired) electrons. The number of benzene rings is 3. The monoisotopic (exact) mass is 420 g/mol. The Kier molecular flexibility index (Phi) is 7.41. The molecule has 2 amide bonds. The molecule has 0 aromatic heterocycles. The predicted octanol–water partition coefficient (Wildman–Crippen LogP) is 3.29. The van der Waals surface area contributed by atoms with E-state index in [4.69, 9.17) is 5.73 Å². The Morgan fingerprint density at radius 1 is 0.967 bits per heavy atom. The molecule has 4 N–H and O–H groups in total. The maximum Gasteiger partial charge on any atom is 0.250 e. The molecule has 3 aromatic carbocycles. The van der Waals surface area contributed by atoms with Crippen LogP contribution >= 0.6 is 11.8 Å². The van der Waals surface area contributed by atoms with Gasteiger partial charge in [-0.05, 0) is 22.3 Å². The number of imide groups is 1. The van der Waals surface area contributed by atoms with Gasteiger partial charge < -0.3 is 10.8 Å². The second-order valence-electron chi connectivity index (χ2n) is 7.00. The van der Waals surface area contributed by atoms with Crippen LogP contribution in [0.4, 0.5) is 0 Å². The summed E-state index contributed by atoms with van der Waals surface area (Å²) in [5.74, 6) is 0.0643. The van der Waals surface area contributed by atoms with Crippen LogP contribution in [0.25, 0.3) is 11.1 Å². The molecule has 0 saturated heterocycles. The topological polar surface area (TPSA) is 92.4 Å². The first-order valence-corrected chi connectivity index (χ1v) is 10.7. The molecule has 30 heavy (non-hydrogen) atoms. The van der Waals surface area contributed by atoms with Crippen molar-refractivity contribution in [2.75, 3.05) is 5.75 Å². The highest BCUT2D eigenvalue weighted by Gasteiger charge is 2.42. The highest BCUT2D eigenvalue weighted by atomic mass is 32.2. The van der Waals surface area contributed by atoms with Gasteiger partial charge in [0, 0.05) is 11.5 Å². The molecule has 0 aliphatic heterocycles. The van der Waals surface area contributed by atoms with Crippen molar-refractivity contribution in [2.45, 2.75) is 17.4 Å². The molecule has 0 heterocycles. The Bertz CT molecular complexity index is 965. The minimum Gasteiger partial charge on any atom is -0.386 e. The third-order valence-electron chi connectivity index (χ3n) is 4.89. The van der Waals surface area contributed by atoms with Crippen LogP contribution in [0.5, 0.6) is 0 Å². The number of nitrogens with two attached hydrogens (primary N) is 1. The van der Waals surface area contributed by atoms with Crippen molar-refractivity contribution in [2.24, 2.45) is 5.73 Å². The van der Waals surface area contributed by atoms with E-state index < -0.39 is 17.6 Å². The van der Waals surface area contributed by atoms with Gasteiger partial charge in [-0.25, -0.2) is 0 Å². The zero-order valence-corrected chi connectivity index (χ0v) is 17.2. The molecular weight excluding hydrogens is 396 g/mol. The minimum atomic E-state index is -1.66. The van der Waals surface area contributed by atoms with Crippen LogP contribution in [0, 0.1) is 0 Å². The summed E-state index contributed by atoms with van der Waals surface area (Å²) in [6.07, 6.45) is -0.984. The first-order valence-electron chi connectivity index (χ1n) is 9.53. The third-order valence-corrected chi connectivity index (χ3v) is 6.11. The highest BCUT2D eigenvalue weighted by molar-refractivity contribution is 7.98. The normalized spacial score (nSPS) is 13.8. The van der Waals surface area contributed by atoms with Crippen LogP contribution in [-0.2, 0) is 15.3 Å². The van der Waals surface area contributed by atoms with Crippen molar-refractivity contribution >= 4 is 24.1 Å². The molecule has 0 aliphatic carbocycles. The summed E-state index contributed by atoms with van der Waals surface area (Å²) in [6.45, 7) is 0. The van der Waals surface area contributed by atoms with E-state index >= 15 is 0 Å². The summed E-state index contributed by atoms with van der Waals surface area (Å²) < 4.78 is 0. The van der Waals surface area contributed by atoms with Crippen LogP contribution in [-0.4, -0.2) is 28.7 Å². The Labute approximate surface area is 180 Å². The molecule has 154 valence electrons. The van der Waals surface area contributed by atoms with E-state index in [1.165, 1.54) is 11.8 Å². The van der Waals surface area contributed by atoms with E-state index in [1.807, 2.05) is 72.8 Å². The summed E-state index contributed by atoms with van der Waals surface area (Å²) in [4.78, 5) is 23.4. The van der Waals surface area contributed by atoms with Gasteiger partial charge in [-0.1, -0.05) is 84.9 Å². The summed E-state index contributed by atoms with van der Waals surface area (Å²) >= 11 is 1.43. The van der Waals surface area contributed by atoms with Gasteiger partial charge in [0.1, 0.15) is 11.6 Å². The van der Waals surface area contributed by atoms with Gasteiger partial charge in [0.15, 0.2) is 0 Å². The molecule has 2 unspecified atom stereocenters. The standard InChI is InChI=1S/C24H24N2O3S/c25-24(23(29)26-17-27,16-30-15-18-7-3-1-4-8-18)22(28)21-13-11-20(12-14-21)19-9-5-2-6-10-19/h1-14,17,22,28H,15-16,25H2,(H,26,27,29). The first-order chi connectivity index (χ1) is 14.5. The van der Waals surface area contributed by atoms with Crippen LogP contribution < -0.4 is 11.1 Å². The van der Waals surface area contributed by atoms with Crippen molar-refractivity contribution < 1.29 is 14.7 Å². The number of thioether (sulfide) groups is 1. The lowest BCUT2D eigenvalue weighted by atomic mass is 9.88. The highest BCUT2D eigenvalue weighted by Crippen LogP contribution is 2.30. The van der Waals surface area contributed by atoms with Gasteiger partial charge in [-0.3, -0.25) is 14.9 Å². The largest absolute Gasteiger partial charge is 0.386 e. The fourth-order valence-corrected chi connectivity index (χ4v) is 4.31. The smallest absolute Gasteiger partial charge is 0.250 e. The molecule has 0 bridgehead atoms. The number of carbonyl (C=O) groups is 2. The number of aliphatic hydroxyl groups excluding tert-OH is 1. The molecule has 0 fully saturated rings. The lowest BCUT2D eigenvalue weighted by molar-refractivity contribution is -0.132. The van der Waals surface area contributed by atoms with Crippen LogP contribution in [0.15, 0.2) is 84.9 Å². The van der Waals surface area contributed by atoms with E-state index in [9.17, 15) is 14.7 Å². The lowest BCUT2D eigenvalue weighted by Crippen LogP contribution is -2.59. The van der Waals surface area contributed by atoms with E-state index in [-0.39, 0.29) is 12.2 Å². The maximum atomic E-state index is 12.6. The Morgan fingerprint density at radius 2 is 1.53 bits per heavy atom. The number of nitrogens with one attached hydrogen (secondary N) is 1. The second kappa shape index (κ2) is 10.2. The number of hydrogen-bond donors (Lipinski definition) is 3. The summed E-state index contributed by atoms with van der Waals surface area (Å²) in [5.41, 5.74) is 8.36. The van der Waals surface area contributed by atoms with Gasteiger partial charge in [-0.15, -0.1) is 0 Å². The van der Waals surface area contributed by atoms with Gasteiger partial charge in [-0.2, -0.15) is 11.8 Å².